The van der Waals surface area contributed by atoms with Gasteiger partial charge in [-0.3, -0.25) is 14.4 Å². The van der Waals surface area contributed by atoms with Crippen LogP contribution in [0.5, 0.6) is 0 Å². The number of esters is 3. The zero-order chi connectivity index (χ0) is 40.1. The summed E-state index contributed by atoms with van der Waals surface area (Å²) in [6.07, 6.45) is 46.8. The number of rotatable bonds is 45. The van der Waals surface area contributed by atoms with E-state index < -0.39 is 6.10 Å². The van der Waals surface area contributed by atoms with Crippen LogP contribution in [0.1, 0.15) is 278 Å². The molecule has 6 nitrogen and oxygen atoms in total. The van der Waals surface area contributed by atoms with Crippen LogP contribution >= 0.6 is 0 Å². The summed E-state index contributed by atoms with van der Waals surface area (Å²) in [5, 5.41) is 0. The first-order valence-electron chi connectivity index (χ1n) is 24.5. The Hall–Kier alpha value is -1.59. The van der Waals surface area contributed by atoms with Crippen LogP contribution in [-0.2, 0) is 28.6 Å². The summed E-state index contributed by atoms with van der Waals surface area (Å²) in [7, 11) is 0. The molecule has 0 saturated carbocycles. The molecule has 55 heavy (non-hydrogen) atoms. The number of ether oxygens (including phenoxy) is 3. The van der Waals surface area contributed by atoms with E-state index in [2.05, 4.69) is 20.8 Å². The molecule has 0 amide bonds. The highest BCUT2D eigenvalue weighted by molar-refractivity contribution is 5.71. The standard InChI is InChI=1S/C49H94O6/c1-4-7-10-13-16-18-20-21-22-23-24-25-26-27-29-31-34-36-39-42-48(51)54-45-46(55-49(52)43-40-37-32-15-12-9-6-3)44-53-47(50)41-38-35-33-30-28-19-17-14-11-8-5-2/h46H,4-45H2,1-3H3/t46-/m0/s1. The van der Waals surface area contributed by atoms with Crippen molar-refractivity contribution in [2.24, 2.45) is 0 Å². The molecule has 1 atom stereocenters. The van der Waals surface area contributed by atoms with Gasteiger partial charge in [-0.15, -0.1) is 0 Å². The molecule has 0 unspecified atom stereocenters. The van der Waals surface area contributed by atoms with Crippen LogP contribution in [0.25, 0.3) is 0 Å². The van der Waals surface area contributed by atoms with Gasteiger partial charge in [0.05, 0.1) is 0 Å². The molecule has 0 aromatic carbocycles. The van der Waals surface area contributed by atoms with Gasteiger partial charge in [0.25, 0.3) is 0 Å². The van der Waals surface area contributed by atoms with Crippen LogP contribution in [0.3, 0.4) is 0 Å². The maximum atomic E-state index is 12.6. The molecule has 0 spiro atoms. The van der Waals surface area contributed by atoms with Crippen LogP contribution in [0.2, 0.25) is 0 Å². The average Bonchev–Trinajstić information content (AvgIpc) is 3.18. The molecule has 0 aliphatic carbocycles. The second-order valence-corrected chi connectivity index (χ2v) is 16.7. The predicted octanol–water partition coefficient (Wildman–Crippen LogP) is 15.6. The van der Waals surface area contributed by atoms with E-state index in [-0.39, 0.29) is 31.1 Å². The van der Waals surface area contributed by atoms with E-state index >= 15 is 0 Å². The van der Waals surface area contributed by atoms with Gasteiger partial charge in [-0.2, -0.15) is 0 Å². The van der Waals surface area contributed by atoms with Crippen molar-refractivity contribution < 1.29 is 28.6 Å². The zero-order valence-corrected chi connectivity index (χ0v) is 37.2. The molecule has 0 rings (SSSR count). The third kappa shape index (κ3) is 43.4. The van der Waals surface area contributed by atoms with Gasteiger partial charge in [0.15, 0.2) is 6.10 Å². The molecule has 0 fully saturated rings. The number of hydrogen-bond donors (Lipinski definition) is 0. The highest BCUT2D eigenvalue weighted by atomic mass is 16.6. The minimum atomic E-state index is -0.757. The van der Waals surface area contributed by atoms with Crippen LogP contribution in [0, 0.1) is 0 Å². The largest absolute Gasteiger partial charge is 0.462 e. The molecule has 326 valence electrons. The average molecular weight is 779 g/mol. The Kier molecular flexibility index (Phi) is 43.8. The first-order chi connectivity index (χ1) is 27.0. The highest BCUT2D eigenvalue weighted by Gasteiger charge is 2.19. The Morgan fingerprint density at radius 3 is 0.727 bits per heavy atom. The second kappa shape index (κ2) is 45.1. The molecule has 0 aromatic rings. The topological polar surface area (TPSA) is 78.9 Å². The predicted molar refractivity (Wildman–Crippen MR) is 233 cm³/mol. The second-order valence-electron chi connectivity index (χ2n) is 16.7. The van der Waals surface area contributed by atoms with Gasteiger partial charge in [-0.25, -0.2) is 0 Å². The first-order valence-corrected chi connectivity index (χ1v) is 24.5. The SMILES string of the molecule is CCCCCCCCCCCCCCCCCCCCCC(=O)OC[C@H](COC(=O)CCCCCCCCCCCCC)OC(=O)CCCCCCCCC. The highest BCUT2D eigenvalue weighted by Crippen LogP contribution is 2.16. The van der Waals surface area contributed by atoms with Crippen molar-refractivity contribution in [3.05, 3.63) is 0 Å². The van der Waals surface area contributed by atoms with Gasteiger partial charge in [0, 0.05) is 19.3 Å². The fraction of sp³-hybridized carbons (Fsp3) is 0.939. The Morgan fingerprint density at radius 1 is 0.291 bits per heavy atom. The van der Waals surface area contributed by atoms with Crippen molar-refractivity contribution in [3.8, 4) is 0 Å². The van der Waals surface area contributed by atoms with Crippen molar-refractivity contribution in [2.45, 2.75) is 284 Å². The fourth-order valence-electron chi connectivity index (χ4n) is 7.38. The molecule has 0 radical (unpaired) electrons. The van der Waals surface area contributed by atoms with Gasteiger partial charge < -0.3 is 14.2 Å². The summed E-state index contributed by atoms with van der Waals surface area (Å²) in [5.74, 6) is -0.855. The first kappa shape index (κ1) is 53.4. The summed E-state index contributed by atoms with van der Waals surface area (Å²) in [4.78, 5) is 37.6. The lowest BCUT2D eigenvalue weighted by atomic mass is 10.0. The quantitative estimate of drug-likeness (QED) is 0.0348. The monoisotopic (exact) mass is 779 g/mol. The van der Waals surface area contributed by atoms with E-state index in [1.54, 1.807) is 0 Å². The number of unbranched alkanes of at least 4 members (excludes halogenated alkanes) is 34. The summed E-state index contributed by atoms with van der Waals surface area (Å²) < 4.78 is 16.7. The summed E-state index contributed by atoms with van der Waals surface area (Å²) in [6, 6.07) is 0. The van der Waals surface area contributed by atoms with E-state index in [4.69, 9.17) is 14.2 Å². The molecule has 0 aromatic heterocycles. The maximum absolute atomic E-state index is 12.6. The van der Waals surface area contributed by atoms with Gasteiger partial charge >= 0.3 is 17.9 Å². The third-order valence-electron chi connectivity index (χ3n) is 11.1. The molecule has 0 aliphatic rings. The smallest absolute Gasteiger partial charge is 0.306 e. The molecular weight excluding hydrogens is 685 g/mol. The number of hydrogen-bond acceptors (Lipinski definition) is 6. The van der Waals surface area contributed by atoms with E-state index in [1.165, 1.54) is 180 Å². The van der Waals surface area contributed by atoms with E-state index in [0.29, 0.717) is 19.3 Å². The number of carbonyl (C=O) groups excluding carboxylic acids is 3. The molecule has 0 aliphatic heterocycles. The normalized spacial score (nSPS) is 11.8. The molecule has 0 N–H and O–H groups in total. The lowest BCUT2D eigenvalue weighted by molar-refractivity contribution is -0.167. The molecular formula is C49H94O6. The molecule has 0 heterocycles. The maximum Gasteiger partial charge on any atom is 0.306 e. The Bertz CT molecular complexity index is 813. The molecule has 0 saturated heterocycles. The lowest BCUT2D eigenvalue weighted by Gasteiger charge is -2.18. The van der Waals surface area contributed by atoms with E-state index in [9.17, 15) is 14.4 Å². The van der Waals surface area contributed by atoms with Crippen molar-refractivity contribution in [1.29, 1.82) is 0 Å². The number of carbonyl (C=O) groups is 3. The minimum Gasteiger partial charge on any atom is -0.462 e. The van der Waals surface area contributed by atoms with E-state index in [0.717, 1.165) is 57.8 Å². The Labute approximate surface area is 342 Å². The van der Waals surface area contributed by atoms with Crippen LogP contribution in [-0.4, -0.2) is 37.2 Å². The zero-order valence-electron chi connectivity index (χ0n) is 37.2. The summed E-state index contributed by atoms with van der Waals surface area (Å²) >= 11 is 0. The van der Waals surface area contributed by atoms with Crippen molar-refractivity contribution in [3.63, 3.8) is 0 Å². The van der Waals surface area contributed by atoms with Crippen molar-refractivity contribution in [1.82, 2.24) is 0 Å². The van der Waals surface area contributed by atoms with Gasteiger partial charge in [0.1, 0.15) is 13.2 Å². The Balaban J connectivity index is 4.13. The van der Waals surface area contributed by atoms with E-state index in [1.807, 2.05) is 0 Å². The summed E-state index contributed by atoms with van der Waals surface area (Å²) in [6.45, 7) is 6.62. The lowest BCUT2D eigenvalue weighted by Crippen LogP contribution is -2.30. The van der Waals surface area contributed by atoms with Crippen molar-refractivity contribution >= 4 is 17.9 Å². The van der Waals surface area contributed by atoms with Gasteiger partial charge in [-0.05, 0) is 19.3 Å². The van der Waals surface area contributed by atoms with Crippen LogP contribution in [0.4, 0.5) is 0 Å². The molecule has 6 heteroatoms. The molecule has 0 bridgehead atoms. The minimum absolute atomic E-state index is 0.0631. The fourth-order valence-corrected chi connectivity index (χ4v) is 7.38. The summed E-state index contributed by atoms with van der Waals surface area (Å²) in [5.41, 5.74) is 0. The third-order valence-corrected chi connectivity index (χ3v) is 11.1. The van der Waals surface area contributed by atoms with Crippen LogP contribution in [0.15, 0.2) is 0 Å². The van der Waals surface area contributed by atoms with Gasteiger partial charge in [0.2, 0.25) is 0 Å². The van der Waals surface area contributed by atoms with Crippen LogP contribution < -0.4 is 0 Å². The Morgan fingerprint density at radius 2 is 0.491 bits per heavy atom. The van der Waals surface area contributed by atoms with Gasteiger partial charge in [-0.1, -0.05) is 239 Å². The van der Waals surface area contributed by atoms with Crippen molar-refractivity contribution in [2.75, 3.05) is 13.2 Å².